The lowest BCUT2D eigenvalue weighted by Crippen LogP contribution is -2.46. The molecule has 2 rings (SSSR count). The van der Waals surface area contributed by atoms with Crippen molar-refractivity contribution in [1.82, 2.24) is 25.1 Å². The molecule has 11 nitrogen and oxygen atoms in total. The lowest BCUT2D eigenvalue weighted by Gasteiger charge is -2.23. The van der Waals surface area contributed by atoms with Crippen LogP contribution in [0.2, 0.25) is 0 Å². The summed E-state index contributed by atoms with van der Waals surface area (Å²) < 4.78 is 13.7. The summed E-state index contributed by atoms with van der Waals surface area (Å²) in [6.07, 6.45) is 8.25. The minimum Gasteiger partial charge on any atom is -0.388 e. The number of anilines is 4. The van der Waals surface area contributed by atoms with Gasteiger partial charge in [-0.2, -0.15) is 9.37 Å². The smallest absolute Gasteiger partial charge is 0.246 e. The van der Waals surface area contributed by atoms with Crippen molar-refractivity contribution in [3.8, 4) is 11.8 Å². The fraction of sp³-hybridized carbons (Fsp3) is 0.387. The molecule has 2 amide bonds. The van der Waals surface area contributed by atoms with Crippen LogP contribution in [0.3, 0.4) is 0 Å². The Morgan fingerprint density at radius 2 is 2.00 bits per heavy atom. The Kier molecular flexibility index (Phi) is 14.4. The summed E-state index contributed by atoms with van der Waals surface area (Å²) in [5, 5.41) is 19.4. The predicted molar refractivity (Wildman–Crippen MR) is 172 cm³/mol. The molecule has 0 saturated carbocycles. The molecule has 2 aromatic rings. The zero-order valence-corrected chi connectivity index (χ0v) is 25.6. The lowest BCUT2D eigenvalue weighted by atomic mass is 10.1. The first-order chi connectivity index (χ1) is 20.6. The SMILES string of the molecule is C=C[C@@H](C(=O)NCCCC#Cc1cnc(Nc2ccc(NC)c(C(=N)F)c2)nc1NCCC)N(C)C(=O)/C=C/CN(C)C. The van der Waals surface area contributed by atoms with Gasteiger partial charge in [-0.25, -0.2) is 4.98 Å². The molecule has 0 fully saturated rings. The van der Waals surface area contributed by atoms with E-state index in [0.29, 0.717) is 61.2 Å². The summed E-state index contributed by atoms with van der Waals surface area (Å²) >= 11 is 0. The second kappa shape index (κ2) is 17.9. The third kappa shape index (κ3) is 11.2. The van der Waals surface area contributed by atoms with Crippen molar-refractivity contribution in [3.05, 3.63) is 60.3 Å². The fourth-order valence-corrected chi connectivity index (χ4v) is 3.77. The number of likely N-dealkylation sites (N-methyl/N-ethyl adjacent to an activating group) is 2. The topological polar surface area (TPSA) is 138 Å². The van der Waals surface area contributed by atoms with Gasteiger partial charge < -0.3 is 31.1 Å². The molecule has 0 aliphatic rings. The van der Waals surface area contributed by atoms with Crippen molar-refractivity contribution in [1.29, 1.82) is 5.41 Å². The number of nitrogens with zero attached hydrogens (tertiary/aromatic N) is 4. The molecule has 1 heterocycles. The number of amides is 2. The largest absolute Gasteiger partial charge is 0.388 e. The molecule has 0 unspecified atom stereocenters. The summed E-state index contributed by atoms with van der Waals surface area (Å²) in [7, 11) is 7.03. The van der Waals surface area contributed by atoms with Gasteiger partial charge in [-0.1, -0.05) is 30.9 Å². The first-order valence-electron chi connectivity index (χ1n) is 14.0. The molecule has 5 N–H and O–H groups in total. The Balaban J connectivity index is 1.99. The molecule has 0 spiro atoms. The second-order valence-electron chi connectivity index (χ2n) is 9.82. The van der Waals surface area contributed by atoms with Gasteiger partial charge in [-0.3, -0.25) is 15.0 Å². The van der Waals surface area contributed by atoms with Crippen LogP contribution < -0.4 is 21.3 Å². The summed E-state index contributed by atoms with van der Waals surface area (Å²) in [6.45, 7) is 7.44. The third-order valence-corrected chi connectivity index (χ3v) is 6.10. The Morgan fingerprint density at radius 3 is 2.65 bits per heavy atom. The first-order valence-corrected chi connectivity index (χ1v) is 14.0. The Bertz CT molecular complexity index is 1360. The average Bonchev–Trinajstić information content (AvgIpc) is 2.98. The molecule has 0 saturated heterocycles. The van der Waals surface area contributed by atoms with E-state index in [-0.39, 0.29) is 17.4 Å². The van der Waals surface area contributed by atoms with Gasteiger partial charge in [-0.15, -0.1) is 6.58 Å². The van der Waals surface area contributed by atoms with Gasteiger partial charge in [0.1, 0.15) is 11.9 Å². The van der Waals surface area contributed by atoms with Gasteiger partial charge in [-0.05, 0) is 45.1 Å². The number of unbranched alkanes of at least 4 members (excludes halogenated alkanes) is 1. The van der Waals surface area contributed by atoms with Crippen molar-refractivity contribution >= 4 is 40.9 Å². The van der Waals surface area contributed by atoms with E-state index in [2.05, 4.69) is 49.7 Å². The Hall–Kier alpha value is -4.76. The van der Waals surface area contributed by atoms with E-state index in [4.69, 9.17) is 5.41 Å². The van der Waals surface area contributed by atoms with Crippen LogP contribution in [0.4, 0.5) is 27.5 Å². The molecular weight excluding hydrogens is 549 g/mol. The quantitative estimate of drug-likeness (QED) is 0.0654. The van der Waals surface area contributed by atoms with Gasteiger partial charge >= 0.3 is 0 Å². The van der Waals surface area contributed by atoms with E-state index in [1.54, 1.807) is 38.5 Å². The van der Waals surface area contributed by atoms with E-state index < -0.39 is 12.0 Å². The molecule has 0 aliphatic heterocycles. The molecule has 0 bridgehead atoms. The highest BCUT2D eigenvalue weighted by Crippen LogP contribution is 2.24. The zero-order valence-electron chi connectivity index (χ0n) is 25.6. The van der Waals surface area contributed by atoms with Gasteiger partial charge in [0.2, 0.25) is 23.7 Å². The van der Waals surface area contributed by atoms with Gasteiger partial charge in [0.15, 0.2) is 0 Å². The van der Waals surface area contributed by atoms with E-state index in [1.165, 1.54) is 23.1 Å². The Labute approximate surface area is 253 Å². The van der Waals surface area contributed by atoms with Gasteiger partial charge in [0.25, 0.3) is 0 Å². The van der Waals surface area contributed by atoms with E-state index in [1.807, 2.05) is 25.9 Å². The number of carbonyl (C=O) groups excluding carboxylic acids is 2. The predicted octanol–water partition coefficient (Wildman–Crippen LogP) is 3.76. The van der Waals surface area contributed by atoms with Crippen LogP contribution >= 0.6 is 0 Å². The first kappa shape index (κ1) is 34.4. The fourth-order valence-electron chi connectivity index (χ4n) is 3.77. The molecule has 1 aromatic carbocycles. The second-order valence-corrected chi connectivity index (χ2v) is 9.82. The van der Waals surface area contributed by atoms with Crippen LogP contribution in [0.5, 0.6) is 0 Å². The summed E-state index contributed by atoms with van der Waals surface area (Å²) in [5.74, 6) is 5.42. The summed E-state index contributed by atoms with van der Waals surface area (Å²) in [6, 6.07) is 4.14. The molecule has 1 atom stereocenters. The number of benzene rings is 1. The van der Waals surface area contributed by atoms with Crippen LogP contribution in [-0.2, 0) is 9.59 Å². The Morgan fingerprint density at radius 1 is 1.23 bits per heavy atom. The van der Waals surface area contributed by atoms with Gasteiger partial charge in [0.05, 0.1) is 17.3 Å². The van der Waals surface area contributed by atoms with Crippen LogP contribution in [0.1, 0.15) is 37.3 Å². The monoisotopic (exact) mass is 591 g/mol. The molecular formula is C31H42FN9O2. The highest BCUT2D eigenvalue weighted by molar-refractivity contribution is 5.98. The highest BCUT2D eigenvalue weighted by atomic mass is 19.1. The van der Waals surface area contributed by atoms with Crippen LogP contribution in [0.15, 0.2) is 49.2 Å². The number of nitrogens with one attached hydrogen (secondary N) is 5. The molecule has 1 aromatic heterocycles. The van der Waals surface area contributed by atoms with Crippen LogP contribution in [-0.4, -0.2) is 91.4 Å². The number of halogens is 1. The maximum atomic E-state index is 13.7. The summed E-state index contributed by atoms with van der Waals surface area (Å²) in [5.41, 5.74) is 1.78. The maximum absolute atomic E-state index is 13.7. The van der Waals surface area contributed by atoms with Crippen molar-refractivity contribution < 1.29 is 14.0 Å². The molecule has 230 valence electrons. The van der Waals surface area contributed by atoms with Crippen LogP contribution in [0, 0.1) is 17.3 Å². The minimum absolute atomic E-state index is 0.129. The third-order valence-electron chi connectivity index (χ3n) is 6.10. The molecule has 43 heavy (non-hydrogen) atoms. The van der Waals surface area contributed by atoms with Crippen molar-refractivity contribution in [3.63, 3.8) is 0 Å². The highest BCUT2D eigenvalue weighted by Gasteiger charge is 2.22. The average molecular weight is 592 g/mol. The van der Waals surface area contributed by atoms with Crippen LogP contribution in [0.25, 0.3) is 0 Å². The van der Waals surface area contributed by atoms with Crippen molar-refractivity contribution in [2.75, 3.05) is 63.8 Å². The van der Waals surface area contributed by atoms with Crippen molar-refractivity contribution in [2.45, 2.75) is 32.2 Å². The minimum atomic E-state index is -1.05. The zero-order chi connectivity index (χ0) is 31.8. The summed E-state index contributed by atoms with van der Waals surface area (Å²) in [4.78, 5) is 37.2. The lowest BCUT2D eigenvalue weighted by molar-refractivity contribution is -0.133. The number of hydrogen-bond donors (Lipinski definition) is 5. The molecule has 0 radical (unpaired) electrons. The number of carbonyl (C=O) groups is 2. The number of aromatic nitrogens is 2. The number of rotatable bonds is 16. The van der Waals surface area contributed by atoms with Gasteiger partial charge in [0, 0.05) is 57.6 Å². The standard InChI is InChI=1S/C31H42FN9O2/c1-7-17-35-29-22(21-37-31(39-29)38-23-15-16-25(34-3)24(20-23)28(32)33)13-10-9-11-18-36-30(43)26(8-2)41(6)27(42)14-12-19-40(4)5/h8,12,14-16,20-21,26,33-34H,2,7,9,11,17-19H2,1,3-6H3,(H,36,43)(H2,35,37,38,39)/b14-12+,33-28?/t26-/m0/s1. The van der Waals surface area contributed by atoms with E-state index in [0.717, 1.165) is 6.42 Å². The van der Waals surface area contributed by atoms with E-state index >= 15 is 0 Å². The molecule has 0 aliphatic carbocycles. The van der Waals surface area contributed by atoms with Crippen molar-refractivity contribution in [2.24, 2.45) is 0 Å². The normalized spacial score (nSPS) is 11.3. The molecule has 12 heteroatoms. The number of hydrogen-bond acceptors (Lipinski definition) is 9. The van der Waals surface area contributed by atoms with E-state index in [9.17, 15) is 14.0 Å². The maximum Gasteiger partial charge on any atom is 0.246 e.